The smallest absolute Gasteiger partial charge is 0.231 e. The van der Waals surface area contributed by atoms with Gasteiger partial charge in [-0.25, -0.2) is 9.82 Å². The Kier molecular flexibility index (Phi) is 10.1. The summed E-state index contributed by atoms with van der Waals surface area (Å²) in [5.74, 6) is -0.388. The zero-order chi connectivity index (χ0) is 27.8. The van der Waals surface area contributed by atoms with Crippen LogP contribution in [0.15, 0.2) is 54.6 Å². The molecule has 0 spiro atoms. The number of rotatable bonds is 8. The maximum Gasteiger partial charge on any atom is 0.231 e. The van der Waals surface area contributed by atoms with Gasteiger partial charge in [-0.15, -0.1) is 11.3 Å². The van der Waals surface area contributed by atoms with Crippen molar-refractivity contribution in [2.75, 3.05) is 31.0 Å². The van der Waals surface area contributed by atoms with E-state index in [4.69, 9.17) is 0 Å². The van der Waals surface area contributed by atoms with E-state index in [1.807, 2.05) is 20.0 Å². The molecule has 208 valence electrons. The molecule has 0 radical (unpaired) electrons. The number of fused-ring (bicyclic) bond motifs is 1. The van der Waals surface area contributed by atoms with Crippen LogP contribution in [0.1, 0.15) is 60.2 Å². The van der Waals surface area contributed by atoms with Gasteiger partial charge in [0.2, 0.25) is 5.91 Å². The molecule has 4 N–H and O–H groups in total. The number of thiophene rings is 1. The summed E-state index contributed by atoms with van der Waals surface area (Å²) < 4.78 is 12.6. The molecular weight excluding hydrogens is 513 g/mol. The Labute approximate surface area is 234 Å². The predicted octanol–water partition coefficient (Wildman–Crippen LogP) is 5.52. The highest BCUT2D eigenvalue weighted by molar-refractivity contribution is 7.17. The van der Waals surface area contributed by atoms with E-state index < -0.39 is 0 Å². The second-order valence-electron chi connectivity index (χ2n) is 9.90. The number of hydrogen-bond donors (Lipinski definition) is 4. The van der Waals surface area contributed by atoms with Gasteiger partial charge in [-0.05, 0) is 74.3 Å². The lowest BCUT2D eigenvalue weighted by Crippen LogP contribution is -2.43. The van der Waals surface area contributed by atoms with Crippen molar-refractivity contribution in [1.82, 2.24) is 16.1 Å². The fourth-order valence-electron chi connectivity index (χ4n) is 5.16. The van der Waals surface area contributed by atoms with Crippen LogP contribution in [0.2, 0.25) is 0 Å². The molecule has 1 aromatic heterocycles. The SMILES string of the molecule is CCNC(=O)C1c2ccc(N(C)NC3CCCCC3)cc2NC1NC.O=Cc1ccc(-c2ccc(F)cc2)s1. The fraction of sp³-hybridized carbons (Fsp3) is 0.400. The monoisotopic (exact) mass is 551 g/mol. The molecule has 0 bridgehead atoms. The van der Waals surface area contributed by atoms with E-state index in [1.54, 1.807) is 18.2 Å². The van der Waals surface area contributed by atoms with E-state index in [1.165, 1.54) is 55.6 Å². The van der Waals surface area contributed by atoms with Crippen LogP contribution in [0.3, 0.4) is 0 Å². The first kappa shape index (κ1) is 28.7. The zero-order valence-corrected chi connectivity index (χ0v) is 23.6. The van der Waals surface area contributed by atoms with Crippen molar-refractivity contribution in [3.05, 3.63) is 70.9 Å². The number of halogens is 1. The number of amides is 1. The van der Waals surface area contributed by atoms with Crippen molar-refractivity contribution in [2.24, 2.45) is 0 Å². The Hall–Kier alpha value is -3.27. The van der Waals surface area contributed by atoms with Crippen molar-refractivity contribution >= 4 is 34.9 Å². The summed E-state index contributed by atoms with van der Waals surface area (Å²) in [6.45, 7) is 2.60. The minimum atomic E-state index is -0.249. The maximum absolute atomic E-state index is 12.6. The van der Waals surface area contributed by atoms with Gasteiger partial charge in [-0.3, -0.25) is 14.9 Å². The molecule has 1 amide bonds. The lowest BCUT2D eigenvalue weighted by Gasteiger charge is -2.30. The molecular formula is C30H38FN5O2S. The van der Waals surface area contributed by atoms with Crippen LogP contribution in [0.25, 0.3) is 10.4 Å². The Morgan fingerprint density at radius 2 is 1.85 bits per heavy atom. The number of hydrazine groups is 1. The zero-order valence-electron chi connectivity index (χ0n) is 22.8. The standard InChI is InChI=1S/C19H31N5O.C11H7FOS/c1-4-21-19(25)17-15-11-10-14(12-16(15)22-18(17)20-2)24(3)23-13-8-6-5-7-9-13;12-9-3-1-8(2-4-9)11-6-5-10(7-13)14-11/h10-13,17-18,20,22-23H,4-9H2,1-3H3,(H,21,25);1-7H. The molecule has 2 aliphatic rings. The third-order valence-corrected chi connectivity index (χ3v) is 8.26. The van der Waals surface area contributed by atoms with Crippen molar-refractivity contribution < 1.29 is 14.0 Å². The highest BCUT2D eigenvalue weighted by atomic mass is 32.1. The number of carbonyl (C=O) groups excluding carboxylic acids is 2. The lowest BCUT2D eigenvalue weighted by atomic mass is 9.96. The highest BCUT2D eigenvalue weighted by Crippen LogP contribution is 2.37. The molecule has 2 aromatic carbocycles. The summed E-state index contributed by atoms with van der Waals surface area (Å²) in [5, 5.41) is 11.7. The number of anilines is 2. The molecule has 5 rings (SSSR count). The van der Waals surface area contributed by atoms with Crippen molar-refractivity contribution in [3.8, 4) is 10.4 Å². The van der Waals surface area contributed by atoms with Crippen LogP contribution in [0.4, 0.5) is 15.8 Å². The number of aldehydes is 1. The highest BCUT2D eigenvalue weighted by Gasteiger charge is 2.36. The van der Waals surface area contributed by atoms with E-state index in [-0.39, 0.29) is 23.8 Å². The van der Waals surface area contributed by atoms with Crippen LogP contribution < -0.4 is 26.4 Å². The van der Waals surface area contributed by atoms with Gasteiger partial charge in [0.25, 0.3) is 0 Å². The average molecular weight is 552 g/mol. The van der Waals surface area contributed by atoms with E-state index >= 15 is 0 Å². The summed E-state index contributed by atoms with van der Waals surface area (Å²) >= 11 is 1.40. The number of likely N-dealkylation sites (N-methyl/N-ethyl adjacent to an activating group) is 2. The third-order valence-electron chi connectivity index (χ3n) is 7.20. The summed E-state index contributed by atoms with van der Waals surface area (Å²) in [6.07, 6.45) is 7.22. The average Bonchev–Trinajstić information content (AvgIpc) is 3.59. The second kappa shape index (κ2) is 13.7. The molecule has 1 aliphatic heterocycles. The van der Waals surface area contributed by atoms with E-state index in [9.17, 15) is 14.0 Å². The first-order chi connectivity index (χ1) is 18.9. The third kappa shape index (κ3) is 7.23. The van der Waals surface area contributed by atoms with Crippen LogP contribution in [-0.2, 0) is 4.79 Å². The summed E-state index contributed by atoms with van der Waals surface area (Å²) in [5.41, 5.74) is 7.75. The van der Waals surface area contributed by atoms with Gasteiger partial charge in [-0.1, -0.05) is 37.5 Å². The van der Waals surface area contributed by atoms with Crippen LogP contribution in [0.5, 0.6) is 0 Å². The van der Waals surface area contributed by atoms with Gasteiger partial charge >= 0.3 is 0 Å². The first-order valence-corrected chi connectivity index (χ1v) is 14.4. The molecule has 1 saturated carbocycles. The topological polar surface area (TPSA) is 85.5 Å². The number of carbonyl (C=O) groups is 2. The normalized spacial score (nSPS) is 18.4. The van der Waals surface area contributed by atoms with Gasteiger partial charge in [0.15, 0.2) is 6.29 Å². The molecule has 39 heavy (non-hydrogen) atoms. The quantitative estimate of drug-likeness (QED) is 0.218. The Balaban J connectivity index is 0.000000212. The summed E-state index contributed by atoms with van der Waals surface area (Å²) in [6, 6.07) is 16.7. The molecule has 0 saturated heterocycles. The van der Waals surface area contributed by atoms with E-state index in [2.05, 4.69) is 51.6 Å². The van der Waals surface area contributed by atoms with Crippen LogP contribution >= 0.6 is 11.3 Å². The van der Waals surface area contributed by atoms with Crippen molar-refractivity contribution in [2.45, 2.75) is 57.2 Å². The van der Waals surface area contributed by atoms with Crippen LogP contribution in [-0.4, -0.2) is 45.0 Å². The number of hydrogen-bond acceptors (Lipinski definition) is 7. The van der Waals surface area contributed by atoms with Crippen molar-refractivity contribution in [3.63, 3.8) is 0 Å². The fourth-order valence-corrected chi connectivity index (χ4v) is 5.99. The van der Waals surface area contributed by atoms with Crippen molar-refractivity contribution in [1.29, 1.82) is 0 Å². The second-order valence-corrected chi connectivity index (χ2v) is 11.0. The van der Waals surface area contributed by atoms with Gasteiger partial charge in [0, 0.05) is 30.2 Å². The van der Waals surface area contributed by atoms with E-state index in [0.29, 0.717) is 17.5 Å². The minimum Gasteiger partial charge on any atom is -0.368 e. The summed E-state index contributed by atoms with van der Waals surface area (Å²) in [4.78, 5) is 24.6. The Morgan fingerprint density at radius 1 is 1.10 bits per heavy atom. The Morgan fingerprint density at radius 3 is 2.49 bits per heavy atom. The molecule has 1 fully saturated rings. The predicted molar refractivity (Wildman–Crippen MR) is 158 cm³/mol. The molecule has 2 atom stereocenters. The van der Waals surface area contributed by atoms with Gasteiger partial charge in [0.05, 0.1) is 22.6 Å². The summed E-state index contributed by atoms with van der Waals surface area (Å²) in [7, 11) is 3.95. The Bertz CT molecular complexity index is 1240. The number of nitrogens with one attached hydrogen (secondary N) is 4. The van der Waals surface area contributed by atoms with Crippen LogP contribution in [0, 0.1) is 5.82 Å². The number of benzene rings is 2. The van der Waals surface area contributed by atoms with Gasteiger partial charge in [-0.2, -0.15) is 0 Å². The number of nitrogens with zero attached hydrogens (tertiary/aromatic N) is 1. The molecule has 2 heterocycles. The molecule has 9 heteroatoms. The maximum atomic E-state index is 12.6. The minimum absolute atomic E-state index is 0.0644. The molecule has 1 aliphatic carbocycles. The lowest BCUT2D eigenvalue weighted by molar-refractivity contribution is -0.122. The van der Waals surface area contributed by atoms with Gasteiger partial charge in [0.1, 0.15) is 5.82 Å². The molecule has 3 aromatic rings. The molecule has 7 nitrogen and oxygen atoms in total. The molecule has 2 unspecified atom stereocenters. The largest absolute Gasteiger partial charge is 0.368 e. The van der Waals surface area contributed by atoms with Gasteiger partial charge < -0.3 is 15.6 Å². The first-order valence-electron chi connectivity index (χ1n) is 13.6. The van der Waals surface area contributed by atoms with E-state index in [0.717, 1.165) is 33.7 Å².